The van der Waals surface area contributed by atoms with Crippen LogP contribution in [0.5, 0.6) is 5.75 Å². The second kappa shape index (κ2) is 12.5. The summed E-state index contributed by atoms with van der Waals surface area (Å²) in [5, 5.41) is 0. The van der Waals surface area contributed by atoms with Gasteiger partial charge >= 0.3 is 5.97 Å². The second-order valence-electron chi connectivity index (χ2n) is 9.04. The molecule has 0 radical (unpaired) electrons. The van der Waals surface area contributed by atoms with E-state index in [-0.39, 0.29) is 5.97 Å². The molecule has 1 saturated carbocycles. The molecule has 0 unspecified atom stereocenters. The van der Waals surface area contributed by atoms with Gasteiger partial charge in [0.15, 0.2) is 0 Å². The van der Waals surface area contributed by atoms with Crippen molar-refractivity contribution in [3.8, 4) is 5.75 Å². The molecular weight excluding hydrogens is 380 g/mol. The smallest absolute Gasteiger partial charge is 0.343 e. The third kappa shape index (κ3) is 7.69. The molecule has 1 aliphatic rings. The monoisotopic (exact) mass is 418 g/mol. The van der Waals surface area contributed by atoms with E-state index in [0.717, 1.165) is 24.3 Å². The molecule has 0 atom stereocenters. The van der Waals surface area contributed by atoms with Crippen LogP contribution in [-0.2, 0) is 6.42 Å². The Morgan fingerprint density at radius 1 is 0.903 bits per heavy atom. The van der Waals surface area contributed by atoms with Crippen LogP contribution >= 0.6 is 0 Å². The predicted molar refractivity (Wildman–Crippen MR) is 130 cm³/mol. The zero-order chi connectivity index (χ0) is 21.9. The minimum Gasteiger partial charge on any atom is -0.423 e. The Morgan fingerprint density at radius 3 is 2.26 bits per heavy atom. The Balaban J connectivity index is 1.46. The lowest BCUT2D eigenvalue weighted by Gasteiger charge is -2.26. The zero-order valence-electron chi connectivity index (χ0n) is 19.3. The van der Waals surface area contributed by atoms with E-state index < -0.39 is 0 Å². The van der Waals surface area contributed by atoms with E-state index >= 15 is 0 Å². The van der Waals surface area contributed by atoms with Crippen LogP contribution in [0.25, 0.3) is 6.08 Å². The lowest BCUT2D eigenvalue weighted by molar-refractivity contribution is 0.0734. The summed E-state index contributed by atoms with van der Waals surface area (Å²) in [7, 11) is 0. The molecule has 0 saturated heterocycles. The van der Waals surface area contributed by atoms with Crippen molar-refractivity contribution in [1.29, 1.82) is 0 Å². The fourth-order valence-electron chi connectivity index (χ4n) is 4.51. The maximum atomic E-state index is 12.4. The minimum absolute atomic E-state index is 0.305. The van der Waals surface area contributed by atoms with E-state index in [4.69, 9.17) is 4.74 Å². The van der Waals surface area contributed by atoms with Crippen LogP contribution in [-0.4, -0.2) is 5.97 Å². The van der Waals surface area contributed by atoms with E-state index in [2.05, 4.69) is 26.0 Å². The number of aryl methyl sites for hydroxylation is 1. The minimum atomic E-state index is -0.305. The molecule has 0 bridgehead atoms. The highest BCUT2D eigenvalue weighted by Gasteiger charge is 2.19. The molecule has 31 heavy (non-hydrogen) atoms. The summed E-state index contributed by atoms with van der Waals surface area (Å²) >= 11 is 0. The van der Waals surface area contributed by atoms with Gasteiger partial charge in [0.2, 0.25) is 0 Å². The lowest BCUT2D eigenvalue weighted by atomic mass is 9.79. The largest absolute Gasteiger partial charge is 0.423 e. The number of hydrogen-bond acceptors (Lipinski definition) is 2. The van der Waals surface area contributed by atoms with Crippen molar-refractivity contribution in [1.82, 2.24) is 0 Å². The molecule has 0 heterocycles. The molecule has 166 valence electrons. The van der Waals surface area contributed by atoms with Gasteiger partial charge in [-0.2, -0.15) is 0 Å². The molecule has 2 aromatic carbocycles. The fraction of sp³-hybridized carbons (Fsp3) is 0.483. The highest BCUT2D eigenvalue weighted by molar-refractivity contribution is 5.91. The molecule has 3 rings (SSSR count). The number of carbonyl (C=O) groups excluding carboxylic acids is 1. The zero-order valence-corrected chi connectivity index (χ0v) is 19.3. The van der Waals surface area contributed by atoms with Gasteiger partial charge < -0.3 is 4.74 Å². The van der Waals surface area contributed by atoms with E-state index in [1.54, 1.807) is 0 Å². The van der Waals surface area contributed by atoms with E-state index in [1.165, 1.54) is 56.9 Å². The fourth-order valence-corrected chi connectivity index (χ4v) is 4.51. The number of ether oxygens (including phenoxy) is 1. The third-order valence-electron chi connectivity index (χ3n) is 6.49. The number of hydrogen-bond donors (Lipinski definition) is 0. The lowest BCUT2D eigenvalue weighted by Crippen LogP contribution is -2.13. The van der Waals surface area contributed by atoms with Gasteiger partial charge in [0, 0.05) is 0 Å². The van der Waals surface area contributed by atoms with Crippen LogP contribution in [0.15, 0.2) is 54.6 Å². The predicted octanol–water partition coefficient (Wildman–Crippen LogP) is 8.26. The molecule has 0 aliphatic heterocycles. The molecule has 0 N–H and O–H groups in total. The van der Waals surface area contributed by atoms with Gasteiger partial charge in [0.25, 0.3) is 0 Å². The summed E-state index contributed by atoms with van der Waals surface area (Å²) in [5.74, 6) is 1.94. The standard InChI is InChI=1S/C29H38O2/c1-3-5-6-8-24-9-11-25(12-10-24)13-14-26-15-19-27(20-16-26)29(30)31-28-21-17-23(7-4-2)18-22-28/h13-22,24-25H,3-12H2,1-2H3/b14-13+. The summed E-state index contributed by atoms with van der Waals surface area (Å²) < 4.78 is 5.52. The number of carbonyl (C=O) groups is 1. The average molecular weight is 419 g/mol. The quantitative estimate of drug-likeness (QED) is 0.220. The number of rotatable bonds is 10. The van der Waals surface area contributed by atoms with Crippen LogP contribution < -0.4 is 4.74 Å². The van der Waals surface area contributed by atoms with Crippen molar-refractivity contribution >= 4 is 12.0 Å². The first kappa shape index (κ1) is 23.3. The Bertz CT molecular complexity index is 809. The van der Waals surface area contributed by atoms with Crippen molar-refractivity contribution in [2.45, 2.75) is 78.1 Å². The molecular formula is C29H38O2. The van der Waals surface area contributed by atoms with Crippen molar-refractivity contribution in [2.24, 2.45) is 11.8 Å². The molecule has 0 amide bonds. The van der Waals surface area contributed by atoms with Gasteiger partial charge in [0.05, 0.1) is 5.56 Å². The number of allylic oxidation sites excluding steroid dienone is 1. The molecule has 2 heteroatoms. The van der Waals surface area contributed by atoms with Gasteiger partial charge in [-0.3, -0.25) is 0 Å². The van der Waals surface area contributed by atoms with Crippen molar-refractivity contribution in [3.05, 3.63) is 71.3 Å². The Morgan fingerprint density at radius 2 is 1.61 bits per heavy atom. The van der Waals surface area contributed by atoms with E-state index in [0.29, 0.717) is 17.2 Å². The van der Waals surface area contributed by atoms with Crippen molar-refractivity contribution in [3.63, 3.8) is 0 Å². The Hall–Kier alpha value is -2.35. The van der Waals surface area contributed by atoms with Crippen LogP contribution in [0.4, 0.5) is 0 Å². The normalized spacial score (nSPS) is 18.9. The summed E-state index contributed by atoms with van der Waals surface area (Å²) in [5.41, 5.74) is 3.00. The highest BCUT2D eigenvalue weighted by atomic mass is 16.5. The van der Waals surface area contributed by atoms with Crippen molar-refractivity contribution < 1.29 is 9.53 Å². The number of esters is 1. The first-order chi connectivity index (χ1) is 15.2. The van der Waals surface area contributed by atoms with Crippen LogP contribution in [0.1, 0.15) is 93.1 Å². The summed E-state index contributed by atoms with van der Waals surface area (Å²) in [6.07, 6.45) is 17.6. The summed E-state index contributed by atoms with van der Waals surface area (Å²) in [4.78, 5) is 12.4. The molecule has 2 aromatic rings. The van der Waals surface area contributed by atoms with E-state index in [9.17, 15) is 4.79 Å². The van der Waals surface area contributed by atoms with Gasteiger partial charge in [0.1, 0.15) is 5.75 Å². The van der Waals surface area contributed by atoms with Crippen LogP contribution in [0, 0.1) is 11.8 Å². The first-order valence-electron chi connectivity index (χ1n) is 12.3. The maximum absolute atomic E-state index is 12.4. The number of benzene rings is 2. The Labute approximate surface area is 188 Å². The van der Waals surface area contributed by atoms with Gasteiger partial charge in [-0.05, 0) is 79.3 Å². The summed E-state index contributed by atoms with van der Waals surface area (Å²) in [6, 6.07) is 15.5. The first-order valence-corrected chi connectivity index (χ1v) is 12.3. The van der Waals surface area contributed by atoms with Gasteiger partial charge in [-0.15, -0.1) is 0 Å². The van der Waals surface area contributed by atoms with Crippen molar-refractivity contribution in [2.75, 3.05) is 0 Å². The molecule has 0 aromatic heterocycles. The van der Waals surface area contributed by atoms with Crippen LogP contribution in [0.3, 0.4) is 0 Å². The van der Waals surface area contributed by atoms with Gasteiger partial charge in [-0.25, -0.2) is 4.79 Å². The molecule has 2 nitrogen and oxygen atoms in total. The average Bonchev–Trinajstić information content (AvgIpc) is 2.80. The van der Waals surface area contributed by atoms with Gasteiger partial charge in [-0.1, -0.05) is 82.4 Å². The van der Waals surface area contributed by atoms with E-state index in [1.807, 2.05) is 48.5 Å². The second-order valence-corrected chi connectivity index (χ2v) is 9.04. The highest BCUT2D eigenvalue weighted by Crippen LogP contribution is 2.33. The topological polar surface area (TPSA) is 26.3 Å². The number of unbranched alkanes of at least 4 members (excludes halogenated alkanes) is 2. The Kier molecular flexibility index (Phi) is 9.39. The molecule has 1 fully saturated rings. The third-order valence-corrected chi connectivity index (χ3v) is 6.49. The summed E-state index contributed by atoms with van der Waals surface area (Å²) in [6.45, 7) is 4.44. The molecule has 0 spiro atoms. The maximum Gasteiger partial charge on any atom is 0.343 e. The van der Waals surface area contributed by atoms with Crippen LogP contribution in [0.2, 0.25) is 0 Å². The molecule has 1 aliphatic carbocycles. The SMILES string of the molecule is CCCCCC1CCC(/C=C/c2ccc(C(=O)Oc3ccc(CCC)cc3)cc2)CC1.